The highest BCUT2D eigenvalue weighted by Crippen LogP contribution is 2.31. The Morgan fingerprint density at radius 2 is 2.17 bits per heavy atom. The molecule has 2 N–H and O–H groups in total. The van der Waals surface area contributed by atoms with Crippen LogP contribution in [0.3, 0.4) is 0 Å². The highest BCUT2D eigenvalue weighted by molar-refractivity contribution is 4.91. The standard InChI is InChI=1S/C10H22N2/c1-8-5-10(3,4)12(6-8)7-9(2)11/h8-9H,5-7,11H2,1-4H3. The van der Waals surface area contributed by atoms with Crippen LogP contribution in [0.25, 0.3) is 0 Å². The molecular formula is C10H22N2. The van der Waals surface area contributed by atoms with Crippen molar-refractivity contribution in [2.45, 2.75) is 45.7 Å². The lowest BCUT2D eigenvalue weighted by Crippen LogP contribution is -2.44. The number of hydrogen-bond donors (Lipinski definition) is 1. The van der Waals surface area contributed by atoms with Crippen molar-refractivity contribution >= 4 is 0 Å². The molecule has 0 saturated carbocycles. The maximum Gasteiger partial charge on any atom is 0.0157 e. The van der Waals surface area contributed by atoms with E-state index in [1.165, 1.54) is 13.0 Å². The molecule has 0 aromatic rings. The van der Waals surface area contributed by atoms with Gasteiger partial charge in [0.2, 0.25) is 0 Å². The molecule has 72 valence electrons. The predicted octanol–water partition coefficient (Wildman–Crippen LogP) is 1.45. The Hall–Kier alpha value is -0.0800. The van der Waals surface area contributed by atoms with Crippen molar-refractivity contribution in [2.24, 2.45) is 11.7 Å². The fourth-order valence-electron chi connectivity index (χ4n) is 2.34. The van der Waals surface area contributed by atoms with Gasteiger partial charge < -0.3 is 5.73 Å². The zero-order valence-corrected chi connectivity index (χ0v) is 8.80. The van der Waals surface area contributed by atoms with Gasteiger partial charge in [0, 0.05) is 24.7 Å². The van der Waals surface area contributed by atoms with Crippen LogP contribution in [0, 0.1) is 5.92 Å². The van der Waals surface area contributed by atoms with E-state index in [1.807, 2.05) is 0 Å². The molecule has 1 aliphatic heterocycles. The van der Waals surface area contributed by atoms with Crippen molar-refractivity contribution in [3.05, 3.63) is 0 Å². The lowest BCUT2D eigenvalue weighted by atomic mass is 9.97. The average Bonchev–Trinajstić information content (AvgIpc) is 2.04. The normalized spacial score (nSPS) is 32.2. The van der Waals surface area contributed by atoms with Crippen molar-refractivity contribution in [2.75, 3.05) is 13.1 Å². The van der Waals surface area contributed by atoms with Crippen LogP contribution >= 0.6 is 0 Å². The maximum atomic E-state index is 5.80. The molecule has 2 atom stereocenters. The molecule has 1 heterocycles. The third-order valence-electron chi connectivity index (χ3n) is 2.74. The SMILES string of the molecule is CC(N)CN1CC(C)CC1(C)C. The van der Waals surface area contributed by atoms with Gasteiger partial charge in [0.25, 0.3) is 0 Å². The van der Waals surface area contributed by atoms with Gasteiger partial charge in [0.15, 0.2) is 0 Å². The molecule has 0 aromatic heterocycles. The third kappa shape index (κ3) is 2.20. The van der Waals surface area contributed by atoms with Gasteiger partial charge >= 0.3 is 0 Å². The van der Waals surface area contributed by atoms with E-state index in [1.54, 1.807) is 0 Å². The summed E-state index contributed by atoms with van der Waals surface area (Å²) >= 11 is 0. The fraction of sp³-hybridized carbons (Fsp3) is 1.00. The molecule has 2 nitrogen and oxygen atoms in total. The Bertz CT molecular complexity index is 152. The van der Waals surface area contributed by atoms with Crippen LogP contribution in [0.1, 0.15) is 34.1 Å². The summed E-state index contributed by atoms with van der Waals surface area (Å²) in [5.74, 6) is 0.832. The summed E-state index contributed by atoms with van der Waals surface area (Å²) in [6, 6.07) is 0.301. The molecule has 0 aromatic carbocycles. The van der Waals surface area contributed by atoms with Gasteiger partial charge in [-0.2, -0.15) is 0 Å². The topological polar surface area (TPSA) is 29.3 Å². The highest BCUT2D eigenvalue weighted by atomic mass is 15.2. The highest BCUT2D eigenvalue weighted by Gasteiger charge is 2.35. The van der Waals surface area contributed by atoms with Crippen molar-refractivity contribution in [3.8, 4) is 0 Å². The summed E-state index contributed by atoms with van der Waals surface area (Å²) in [4.78, 5) is 2.52. The summed E-state index contributed by atoms with van der Waals surface area (Å²) in [6.07, 6.45) is 1.31. The Morgan fingerprint density at radius 1 is 1.58 bits per heavy atom. The molecule has 2 heteroatoms. The summed E-state index contributed by atoms with van der Waals surface area (Å²) in [5, 5.41) is 0. The summed E-state index contributed by atoms with van der Waals surface area (Å²) < 4.78 is 0. The van der Waals surface area contributed by atoms with Gasteiger partial charge in [-0.25, -0.2) is 0 Å². The first-order valence-electron chi connectivity index (χ1n) is 4.92. The van der Waals surface area contributed by atoms with E-state index in [0.29, 0.717) is 11.6 Å². The minimum absolute atomic E-state index is 0.301. The first-order chi connectivity index (χ1) is 5.42. The molecule has 12 heavy (non-hydrogen) atoms. The minimum Gasteiger partial charge on any atom is -0.327 e. The molecule has 1 fully saturated rings. The number of rotatable bonds is 2. The van der Waals surface area contributed by atoms with E-state index < -0.39 is 0 Å². The van der Waals surface area contributed by atoms with Crippen LogP contribution in [0.2, 0.25) is 0 Å². The smallest absolute Gasteiger partial charge is 0.0157 e. The van der Waals surface area contributed by atoms with E-state index in [0.717, 1.165) is 12.5 Å². The van der Waals surface area contributed by atoms with E-state index in [-0.39, 0.29) is 0 Å². The molecule has 0 bridgehead atoms. The molecule has 1 rings (SSSR count). The largest absolute Gasteiger partial charge is 0.327 e. The molecule has 0 radical (unpaired) electrons. The average molecular weight is 170 g/mol. The molecule has 0 aliphatic carbocycles. The van der Waals surface area contributed by atoms with E-state index >= 15 is 0 Å². The molecule has 0 spiro atoms. The van der Waals surface area contributed by atoms with Crippen molar-refractivity contribution in [1.82, 2.24) is 4.90 Å². The van der Waals surface area contributed by atoms with E-state index in [9.17, 15) is 0 Å². The van der Waals surface area contributed by atoms with E-state index in [4.69, 9.17) is 5.73 Å². The first-order valence-corrected chi connectivity index (χ1v) is 4.92. The van der Waals surface area contributed by atoms with Crippen LogP contribution in [-0.2, 0) is 0 Å². The first kappa shape index (κ1) is 10.0. The lowest BCUT2D eigenvalue weighted by Gasteiger charge is -2.32. The summed E-state index contributed by atoms with van der Waals surface area (Å²) in [6.45, 7) is 11.3. The lowest BCUT2D eigenvalue weighted by molar-refractivity contribution is 0.167. The van der Waals surface area contributed by atoms with Crippen molar-refractivity contribution < 1.29 is 0 Å². The summed E-state index contributed by atoms with van der Waals surface area (Å²) in [7, 11) is 0. The van der Waals surface area contributed by atoms with Gasteiger partial charge in [-0.1, -0.05) is 6.92 Å². The number of hydrogen-bond acceptors (Lipinski definition) is 2. The quantitative estimate of drug-likeness (QED) is 0.679. The van der Waals surface area contributed by atoms with Crippen LogP contribution < -0.4 is 5.73 Å². The Morgan fingerprint density at radius 3 is 2.50 bits per heavy atom. The van der Waals surface area contributed by atoms with Crippen LogP contribution in [0.4, 0.5) is 0 Å². The second-order valence-corrected chi connectivity index (χ2v) is 5.00. The van der Waals surface area contributed by atoms with Crippen molar-refractivity contribution in [3.63, 3.8) is 0 Å². The maximum absolute atomic E-state index is 5.80. The number of likely N-dealkylation sites (tertiary alicyclic amines) is 1. The second kappa shape index (κ2) is 3.35. The van der Waals surface area contributed by atoms with Gasteiger partial charge in [-0.05, 0) is 33.1 Å². The summed E-state index contributed by atoms with van der Waals surface area (Å²) in [5.41, 5.74) is 6.17. The molecule has 2 unspecified atom stereocenters. The Balaban J connectivity index is 2.53. The van der Waals surface area contributed by atoms with Gasteiger partial charge in [0.05, 0.1) is 0 Å². The Labute approximate surface area is 76.1 Å². The molecule has 0 amide bonds. The van der Waals surface area contributed by atoms with Crippen LogP contribution in [0.5, 0.6) is 0 Å². The van der Waals surface area contributed by atoms with E-state index in [2.05, 4.69) is 32.6 Å². The molecule has 1 aliphatic rings. The van der Waals surface area contributed by atoms with Gasteiger partial charge in [0.1, 0.15) is 0 Å². The number of nitrogens with two attached hydrogens (primary N) is 1. The zero-order chi connectivity index (χ0) is 9.35. The van der Waals surface area contributed by atoms with Gasteiger partial charge in [-0.15, -0.1) is 0 Å². The Kier molecular flexibility index (Phi) is 2.79. The molecule has 1 saturated heterocycles. The fourth-order valence-corrected chi connectivity index (χ4v) is 2.34. The monoisotopic (exact) mass is 170 g/mol. The van der Waals surface area contributed by atoms with Crippen LogP contribution in [0.15, 0.2) is 0 Å². The second-order valence-electron chi connectivity index (χ2n) is 5.00. The number of nitrogens with zero attached hydrogens (tertiary/aromatic N) is 1. The van der Waals surface area contributed by atoms with Crippen LogP contribution in [-0.4, -0.2) is 29.6 Å². The molecular weight excluding hydrogens is 148 g/mol. The van der Waals surface area contributed by atoms with Crippen molar-refractivity contribution in [1.29, 1.82) is 0 Å². The predicted molar refractivity (Wildman–Crippen MR) is 53.1 cm³/mol. The zero-order valence-electron chi connectivity index (χ0n) is 8.80. The van der Waals surface area contributed by atoms with Gasteiger partial charge in [-0.3, -0.25) is 4.90 Å². The third-order valence-corrected chi connectivity index (χ3v) is 2.74. The minimum atomic E-state index is 0.301.